The van der Waals surface area contributed by atoms with Crippen LogP contribution in [0.5, 0.6) is 0 Å². The van der Waals surface area contributed by atoms with Crippen LogP contribution in [0.1, 0.15) is 26.7 Å². The van der Waals surface area contributed by atoms with Crippen molar-refractivity contribution < 1.29 is 28.9 Å². The molecule has 6 heteroatoms. The van der Waals surface area contributed by atoms with Gasteiger partial charge in [-0.15, -0.1) is 0 Å². The lowest BCUT2D eigenvalue weighted by Crippen LogP contribution is -2.30. The molecule has 6 nitrogen and oxygen atoms in total. The van der Waals surface area contributed by atoms with Gasteiger partial charge in [-0.2, -0.15) is 0 Å². The molecular weight excluding hydrogens is 240 g/mol. The number of carbonyl (C=O) groups excluding carboxylic acids is 2. The highest BCUT2D eigenvalue weighted by Crippen LogP contribution is 2.18. The van der Waals surface area contributed by atoms with Gasteiger partial charge >= 0.3 is 11.9 Å². The molecule has 102 valence electrons. The first-order chi connectivity index (χ1) is 8.54. The number of rotatable bonds is 7. The zero-order valence-corrected chi connectivity index (χ0v) is 10.5. The number of carbonyl (C=O) groups is 2. The monoisotopic (exact) mass is 258 g/mol. The Labute approximate surface area is 106 Å². The van der Waals surface area contributed by atoms with Crippen LogP contribution in [0.3, 0.4) is 0 Å². The third-order valence-corrected chi connectivity index (χ3v) is 2.35. The fourth-order valence-corrected chi connectivity index (χ4v) is 1.35. The van der Waals surface area contributed by atoms with Crippen molar-refractivity contribution in [3.8, 4) is 0 Å². The first-order valence-electron chi connectivity index (χ1n) is 5.91. The van der Waals surface area contributed by atoms with Gasteiger partial charge in [-0.05, 0) is 6.42 Å². The van der Waals surface area contributed by atoms with Gasteiger partial charge in [0, 0.05) is 13.0 Å². The van der Waals surface area contributed by atoms with E-state index in [-0.39, 0.29) is 12.4 Å². The molecule has 0 unspecified atom stereocenters. The molecule has 0 saturated carbocycles. The molecule has 1 aliphatic rings. The number of ether oxygens (including phenoxy) is 3. The molecule has 0 bridgehead atoms. The van der Waals surface area contributed by atoms with Crippen molar-refractivity contribution in [2.75, 3.05) is 13.2 Å². The van der Waals surface area contributed by atoms with E-state index in [0.29, 0.717) is 6.61 Å². The lowest BCUT2D eigenvalue weighted by atomic mass is 10.2. The van der Waals surface area contributed by atoms with E-state index in [9.17, 15) is 14.7 Å². The van der Waals surface area contributed by atoms with Crippen molar-refractivity contribution in [1.82, 2.24) is 0 Å². The summed E-state index contributed by atoms with van der Waals surface area (Å²) in [6.07, 6.45) is 1.30. The van der Waals surface area contributed by atoms with Crippen molar-refractivity contribution in [3.05, 3.63) is 11.8 Å². The van der Waals surface area contributed by atoms with Gasteiger partial charge in [-0.1, -0.05) is 13.3 Å². The number of aliphatic hydroxyl groups excluding tert-OH is 1. The molecule has 0 aromatic heterocycles. The van der Waals surface area contributed by atoms with Gasteiger partial charge in [0.25, 0.3) is 0 Å². The molecular formula is C12H18O6. The van der Waals surface area contributed by atoms with Gasteiger partial charge in [-0.3, -0.25) is 4.79 Å². The van der Waals surface area contributed by atoms with E-state index in [0.717, 1.165) is 12.8 Å². The zero-order chi connectivity index (χ0) is 13.5. The molecule has 0 fully saturated rings. The molecule has 0 amide bonds. The van der Waals surface area contributed by atoms with Crippen molar-refractivity contribution in [3.63, 3.8) is 0 Å². The number of unbranched alkanes of at least 4 members (excludes halogenated alkanes) is 1. The Bertz CT molecular complexity index is 335. The fourth-order valence-electron chi connectivity index (χ4n) is 1.35. The van der Waals surface area contributed by atoms with Gasteiger partial charge in [0.05, 0.1) is 6.61 Å². The van der Waals surface area contributed by atoms with Crippen molar-refractivity contribution in [2.45, 2.75) is 38.9 Å². The van der Waals surface area contributed by atoms with Crippen LogP contribution < -0.4 is 0 Å². The fraction of sp³-hybridized carbons (Fsp3) is 0.667. The Morgan fingerprint density at radius 3 is 2.94 bits per heavy atom. The van der Waals surface area contributed by atoms with Gasteiger partial charge in [-0.25, -0.2) is 4.79 Å². The molecule has 1 heterocycles. The molecule has 0 radical (unpaired) electrons. The Kier molecular flexibility index (Phi) is 5.64. The zero-order valence-electron chi connectivity index (χ0n) is 10.5. The van der Waals surface area contributed by atoms with Gasteiger partial charge in [0.15, 0.2) is 6.10 Å². The summed E-state index contributed by atoms with van der Waals surface area (Å²) in [5.41, 5.74) is 0. The number of aliphatic hydroxyl groups is 1. The SMILES string of the molecule is CCCCOC1=C[C@@H]([C@H](O)COC(C)=O)OC1=O. The number of cyclic esters (lactones) is 1. The second kappa shape index (κ2) is 7.00. The normalized spacial score (nSPS) is 20.1. The minimum atomic E-state index is -1.08. The van der Waals surface area contributed by atoms with E-state index in [1.54, 1.807) is 0 Å². The van der Waals surface area contributed by atoms with Crippen LogP contribution in [0.15, 0.2) is 11.8 Å². The van der Waals surface area contributed by atoms with E-state index in [4.69, 9.17) is 9.47 Å². The largest absolute Gasteiger partial charge is 0.487 e. The van der Waals surface area contributed by atoms with Gasteiger partial charge < -0.3 is 19.3 Å². The Balaban J connectivity index is 2.43. The summed E-state index contributed by atoms with van der Waals surface area (Å²) in [7, 11) is 0. The van der Waals surface area contributed by atoms with Gasteiger partial charge in [0.2, 0.25) is 5.76 Å². The topological polar surface area (TPSA) is 82.1 Å². The summed E-state index contributed by atoms with van der Waals surface area (Å²) in [6, 6.07) is 0. The van der Waals surface area contributed by atoms with E-state index >= 15 is 0 Å². The molecule has 18 heavy (non-hydrogen) atoms. The van der Waals surface area contributed by atoms with Crippen LogP contribution in [-0.2, 0) is 23.8 Å². The molecule has 0 spiro atoms. The molecule has 0 aliphatic carbocycles. The van der Waals surface area contributed by atoms with Crippen LogP contribution in [0.2, 0.25) is 0 Å². The minimum Gasteiger partial charge on any atom is -0.487 e. The highest BCUT2D eigenvalue weighted by atomic mass is 16.6. The maximum atomic E-state index is 11.4. The van der Waals surface area contributed by atoms with Crippen LogP contribution in [0.4, 0.5) is 0 Å². The quantitative estimate of drug-likeness (QED) is 0.530. The summed E-state index contributed by atoms with van der Waals surface area (Å²) in [5, 5.41) is 9.65. The highest BCUT2D eigenvalue weighted by Gasteiger charge is 2.32. The van der Waals surface area contributed by atoms with E-state index in [1.165, 1.54) is 13.0 Å². The van der Waals surface area contributed by atoms with Crippen molar-refractivity contribution >= 4 is 11.9 Å². The van der Waals surface area contributed by atoms with Crippen LogP contribution in [-0.4, -0.2) is 42.5 Å². The summed E-state index contributed by atoms with van der Waals surface area (Å²) in [6.45, 7) is 3.47. The lowest BCUT2D eigenvalue weighted by Gasteiger charge is -2.14. The van der Waals surface area contributed by atoms with Crippen LogP contribution >= 0.6 is 0 Å². The second-order valence-corrected chi connectivity index (χ2v) is 3.97. The molecule has 1 aliphatic heterocycles. The molecule has 0 saturated heterocycles. The molecule has 2 atom stereocenters. The Morgan fingerprint density at radius 1 is 1.61 bits per heavy atom. The Hall–Kier alpha value is -1.56. The van der Waals surface area contributed by atoms with Crippen molar-refractivity contribution in [2.24, 2.45) is 0 Å². The summed E-state index contributed by atoms with van der Waals surface area (Å²) in [4.78, 5) is 22.0. The van der Waals surface area contributed by atoms with E-state index < -0.39 is 24.1 Å². The third-order valence-electron chi connectivity index (χ3n) is 2.35. The maximum absolute atomic E-state index is 11.4. The maximum Gasteiger partial charge on any atom is 0.374 e. The predicted molar refractivity (Wildman–Crippen MR) is 61.5 cm³/mol. The second-order valence-electron chi connectivity index (χ2n) is 3.97. The molecule has 0 aromatic carbocycles. The first-order valence-corrected chi connectivity index (χ1v) is 5.91. The van der Waals surface area contributed by atoms with Crippen LogP contribution in [0, 0.1) is 0 Å². The summed E-state index contributed by atoms with van der Waals surface area (Å²) >= 11 is 0. The average Bonchev–Trinajstić information content (AvgIpc) is 2.68. The molecule has 0 aromatic rings. The highest BCUT2D eigenvalue weighted by molar-refractivity contribution is 5.88. The third kappa shape index (κ3) is 4.37. The van der Waals surface area contributed by atoms with Crippen molar-refractivity contribution in [1.29, 1.82) is 0 Å². The van der Waals surface area contributed by atoms with Crippen LogP contribution in [0.25, 0.3) is 0 Å². The number of hydrogen-bond donors (Lipinski definition) is 1. The number of esters is 2. The predicted octanol–water partition coefficient (Wildman–Crippen LogP) is 0.536. The first kappa shape index (κ1) is 14.5. The lowest BCUT2D eigenvalue weighted by molar-refractivity contribution is -0.152. The smallest absolute Gasteiger partial charge is 0.374 e. The van der Waals surface area contributed by atoms with E-state index in [1.807, 2.05) is 6.92 Å². The van der Waals surface area contributed by atoms with E-state index in [2.05, 4.69) is 4.74 Å². The molecule has 1 N–H and O–H groups in total. The summed E-state index contributed by atoms with van der Waals surface area (Å²) < 4.78 is 14.8. The van der Waals surface area contributed by atoms with Gasteiger partial charge in [0.1, 0.15) is 12.7 Å². The molecule has 1 rings (SSSR count). The summed E-state index contributed by atoms with van der Waals surface area (Å²) in [5.74, 6) is -0.991. The standard InChI is InChI=1S/C12H18O6/c1-3-4-5-16-11-6-10(18-12(11)15)9(14)7-17-8(2)13/h6,9-10,14H,3-5,7H2,1-2H3/t9-,10+/m1/s1. The number of hydrogen-bond acceptors (Lipinski definition) is 6. The minimum absolute atomic E-state index is 0.107. The Morgan fingerprint density at radius 2 is 2.33 bits per heavy atom. The average molecular weight is 258 g/mol.